The third-order valence-corrected chi connectivity index (χ3v) is 7.91. The van der Waals surface area contributed by atoms with Gasteiger partial charge in [-0.3, -0.25) is 25.1 Å². The monoisotopic (exact) mass is 478 g/mol. The number of carbonyl (C=O) groups is 3. The number of ether oxygens (including phenoxy) is 1. The van der Waals surface area contributed by atoms with E-state index in [9.17, 15) is 24.5 Å². The Morgan fingerprint density at radius 2 is 1.71 bits per heavy atom. The number of anilines is 2. The first-order valence-electron chi connectivity index (χ1n) is 11.1. The van der Waals surface area contributed by atoms with Crippen molar-refractivity contribution < 1.29 is 24.0 Å². The lowest BCUT2D eigenvalue weighted by Gasteiger charge is -2.37. The van der Waals surface area contributed by atoms with Gasteiger partial charge in [0, 0.05) is 17.5 Å². The molecule has 2 aliphatic rings. The molecule has 2 aromatic carbocycles. The summed E-state index contributed by atoms with van der Waals surface area (Å²) in [5, 5.41) is 18.1. The van der Waals surface area contributed by atoms with Gasteiger partial charge < -0.3 is 10.1 Å². The first-order chi connectivity index (χ1) is 16.5. The van der Waals surface area contributed by atoms with Crippen molar-refractivity contribution in [3.8, 4) is 0 Å². The Morgan fingerprint density at radius 3 is 2.34 bits per heavy atom. The van der Waals surface area contributed by atoms with Crippen molar-refractivity contribution in [2.75, 3.05) is 17.9 Å². The second-order valence-corrected chi connectivity index (χ2v) is 9.56. The van der Waals surface area contributed by atoms with Gasteiger partial charge >= 0.3 is 5.97 Å². The minimum Gasteiger partial charge on any atom is -0.465 e. The van der Waals surface area contributed by atoms with E-state index >= 15 is 0 Å². The Hall–Kier alpha value is -4.08. The topological polar surface area (TPSA) is 140 Å². The molecular formula is C25H26N4O6. The number of nitrogens with zero attached hydrogens (tertiary/aromatic N) is 2. The van der Waals surface area contributed by atoms with E-state index in [1.54, 1.807) is 24.3 Å². The van der Waals surface area contributed by atoms with Gasteiger partial charge in [0.05, 0.1) is 29.0 Å². The van der Waals surface area contributed by atoms with Gasteiger partial charge in [0.1, 0.15) is 11.1 Å². The van der Waals surface area contributed by atoms with Crippen LogP contribution in [0.2, 0.25) is 0 Å². The van der Waals surface area contributed by atoms with Crippen LogP contribution >= 0.6 is 0 Å². The number of Topliss-reactive ketones (excluding diaryl/α,β-unsaturated/α-hetero) is 1. The number of ketones is 1. The molecule has 0 radical (unpaired) electrons. The third kappa shape index (κ3) is 3.39. The number of nitro benzene ring substituents is 1. The van der Waals surface area contributed by atoms with Gasteiger partial charge in [-0.05, 0) is 42.5 Å². The molecule has 0 spiro atoms. The number of nitrogens with one attached hydrogen (secondary N) is 2. The molecule has 2 N–H and O–H groups in total. The highest BCUT2D eigenvalue weighted by Crippen LogP contribution is 2.69. The van der Waals surface area contributed by atoms with Gasteiger partial charge in [0.2, 0.25) is 5.91 Å². The molecule has 2 bridgehead atoms. The van der Waals surface area contributed by atoms with Crippen molar-refractivity contribution in [1.29, 1.82) is 0 Å². The van der Waals surface area contributed by atoms with E-state index in [1.165, 1.54) is 31.4 Å². The van der Waals surface area contributed by atoms with Crippen molar-refractivity contribution in [2.24, 2.45) is 21.3 Å². The summed E-state index contributed by atoms with van der Waals surface area (Å²) in [5.74, 6) is -1.46. The summed E-state index contributed by atoms with van der Waals surface area (Å²) in [7, 11) is 1.26. The van der Waals surface area contributed by atoms with E-state index in [-0.39, 0.29) is 28.4 Å². The molecule has 2 aromatic rings. The molecule has 2 unspecified atom stereocenters. The fraction of sp³-hybridized carbons (Fsp3) is 0.360. The highest BCUT2D eigenvalue weighted by atomic mass is 16.6. The predicted octanol–water partition coefficient (Wildman–Crippen LogP) is 4.18. The number of benzene rings is 2. The molecule has 182 valence electrons. The summed E-state index contributed by atoms with van der Waals surface area (Å²) in [5.41, 5.74) is 1.13. The molecular weight excluding hydrogens is 452 g/mol. The minimum atomic E-state index is -1.37. The molecule has 0 heterocycles. The van der Waals surface area contributed by atoms with Gasteiger partial charge in [-0.2, -0.15) is 5.10 Å². The molecule has 2 fully saturated rings. The highest BCUT2D eigenvalue weighted by molar-refractivity contribution is 6.51. The zero-order valence-corrected chi connectivity index (χ0v) is 19.9. The fourth-order valence-electron chi connectivity index (χ4n) is 5.36. The molecule has 0 aromatic heterocycles. The number of hydrogen-bond donors (Lipinski definition) is 2. The first-order valence-corrected chi connectivity index (χ1v) is 11.1. The van der Waals surface area contributed by atoms with Crippen molar-refractivity contribution >= 4 is 40.4 Å². The number of non-ortho nitro benzene ring substituents is 1. The number of methoxy groups -OCH3 is 1. The quantitative estimate of drug-likeness (QED) is 0.275. The number of carbonyl (C=O) groups excluding carboxylic acids is 3. The highest BCUT2D eigenvalue weighted by Gasteiger charge is 2.76. The van der Waals surface area contributed by atoms with Crippen LogP contribution in [0.1, 0.15) is 44.0 Å². The van der Waals surface area contributed by atoms with Crippen LogP contribution in [0.25, 0.3) is 0 Å². The molecule has 35 heavy (non-hydrogen) atoms. The Balaban J connectivity index is 1.67. The molecule has 0 saturated heterocycles. The normalized spacial score (nSPS) is 25.4. The number of hydrogen-bond acceptors (Lipinski definition) is 8. The predicted molar refractivity (Wildman–Crippen MR) is 129 cm³/mol. The fourth-order valence-corrected chi connectivity index (χ4v) is 5.36. The molecule has 2 saturated carbocycles. The van der Waals surface area contributed by atoms with Crippen LogP contribution in [0.15, 0.2) is 53.6 Å². The molecule has 0 aliphatic heterocycles. The zero-order valence-electron chi connectivity index (χ0n) is 19.9. The lowest BCUT2D eigenvalue weighted by molar-refractivity contribution is -0.384. The minimum absolute atomic E-state index is 0.0600. The third-order valence-electron chi connectivity index (χ3n) is 7.91. The SMILES string of the molecule is COC(=O)c1ccccc1NC(=O)C12CCC(C)(/C(=N/Nc3ccc([N+](=O)[O-])cc3)C1=O)C2(C)C. The summed E-state index contributed by atoms with van der Waals surface area (Å²) < 4.78 is 4.81. The van der Waals surface area contributed by atoms with E-state index in [1.807, 2.05) is 20.8 Å². The molecule has 4 rings (SSSR count). The van der Waals surface area contributed by atoms with E-state index in [0.717, 1.165) is 0 Å². The number of esters is 1. The van der Waals surface area contributed by atoms with E-state index < -0.39 is 33.0 Å². The maximum absolute atomic E-state index is 13.8. The molecule has 1 amide bonds. The number of para-hydroxylation sites is 1. The van der Waals surface area contributed by atoms with Crippen molar-refractivity contribution in [3.05, 3.63) is 64.2 Å². The maximum Gasteiger partial charge on any atom is 0.339 e. The lowest BCUT2D eigenvalue weighted by Crippen LogP contribution is -2.48. The van der Waals surface area contributed by atoms with Crippen LogP contribution in [0.4, 0.5) is 17.1 Å². The Kier molecular flexibility index (Phi) is 5.70. The summed E-state index contributed by atoms with van der Waals surface area (Å²) in [6.45, 7) is 5.70. The van der Waals surface area contributed by atoms with Gasteiger partial charge in [0.25, 0.3) is 5.69 Å². The Bertz CT molecular complexity index is 1270. The van der Waals surface area contributed by atoms with Crippen molar-refractivity contribution in [1.82, 2.24) is 0 Å². The average Bonchev–Trinajstić information content (AvgIpc) is 3.12. The summed E-state index contributed by atoms with van der Waals surface area (Å²) in [6.07, 6.45) is 0.913. The number of nitro groups is 1. The van der Waals surface area contributed by atoms with Gasteiger partial charge in [-0.15, -0.1) is 0 Å². The lowest BCUT2D eigenvalue weighted by atomic mass is 9.64. The molecule has 10 heteroatoms. The number of amides is 1. The second-order valence-electron chi connectivity index (χ2n) is 9.56. The average molecular weight is 479 g/mol. The van der Waals surface area contributed by atoms with Crippen LogP contribution in [0.3, 0.4) is 0 Å². The number of rotatable bonds is 6. The largest absolute Gasteiger partial charge is 0.465 e. The summed E-state index contributed by atoms with van der Waals surface area (Å²) >= 11 is 0. The Morgan fingerprint density at radius 1 is 1.06 bits per heavy atom. The van der Waals surface area contributed by atoms with Crippen molar-refractivity contribution in [3.63, 3.8) is 0 Å². The van der Waals surface area contributed by atoms with Crippen molar-refractivity contribution in [2.45, 2.75) is 33.6 Å². The first kappa shape index (κ1) is 24.1. The standard InChI is InChI=1S/C25H26N4O6/c1-23(2)24(3)13-14-25(23,22(32)26-18-8-6-5-7-17(18)21(31)35-4)20(30)19(24)28-27-15-9-11-16(12-10-15)29(33)34/h5-12,27H,13-14H2,1-4H3,(H,26,32)/b28-19+. The van der Waals surface area contributed by atoms with E-state index in [4.69, 9.17) is 4.74 Å². The smallest absolute Gasteiger partial charge is 0.339 e. The Labute approximate surface area is 201 Å². The van der Waals surface area contributed by atoms with Crippen LogP contribution in [0.5, 0.6) is 0 Å². The molecule has 10 nitrogen and oxygen atoms in total. The summed E-state index contributed by atoms with van der Waals surface area (Å²) in [6, 6.07) is 12.1. The van der Waals surface area contributed by atoms with Crippen LogP contribution in [-0.4, -0.2) is 35.4 Å². The number of fused-ring (bicyclic) bond motifs is 2. The van der Waals surface area contributed by atoms with Gasteiger partial charge in [-0.1, -0.05) is 32.9 Å². The molecule has 2 atom stereocenters. The molecule has 2 aliphatic carbocycles. The summed E-state index contributed by atoms with van der Waals surface area (Å²) in [4.78, 5) is 50.0. The van der Waals surface area contributed by atoms with E-state index in [0.29, 0.717) is 18.5 Å². The van der Waals surface area contributed by atoms with Crippen LogP contribution in [-0.2, 0) is 14.3 Å². The number of hydrazone groups is 1. The van der Waals surface area contributed by atoms with Crippen LogP contribution in [0, 0.1) is 26.4 Å². The van der Waals surface area contributed by atoms with E-state index in [2.05, 4.69) is 15.8 Å². The second kappa shape index (κ2) is 8.30. The van der Waals surface area contributed by atoms with Gasteiger partial charge in [0.15, 0.2) is 5.78 Å². The van der Waals surface area contributed by atoms with Gasteiger partial charge in [-0.25, -0.2) is 4.79 Å². The maximum atomic E-state index is 13.8. The zero-order chi connectivity index (χ0) is 25.6. The van der Waals surface area contributed by atoms with Crippen LogP contribution < -0.4 is 10.7 Å².